The number of piperidine rings is 1. The summed E-state index contributed by atoms with van der Waals surface area (Å²) in [7, 11) is 0. The van der Waals surface area contributed by atoms with Gasteiger partial charge in [-0.15, -0.1) is 0 Å². The molecule has 5 rings (SSSR count). The van der Waals surface area contributed by atoms with Crippen LogP contribution >= 0.6 is 0 Å². The van der Waals surface area contributed by atoms with Gasteiger partial charge in [0.15, 0.2) is 17.0 Å². The van der Waals surface area contributed by atoms with Crippen LogP contribution in [0.4, 0.5) is 11.8 Å². The molecule has 3 fully saturated rings. The van der Waals surface area contributed by atoms with E-state index in [0.29, 0.717) is 24.2 Å². The minimum Gasteiger partial charge on any atom is -0.381 e. The molecule has 9 heteroatoms. The molecule has 0 radical (unpaired) electrons. The van der Waals surface area contributed by atoms with E-state index in [1.54, 1.807) is 0 Å². The number of likely N-dealkylation sites (tertiary alicyclic amines) is 1. The van der Waals surface area contributed by atoms with Crippen LogP contribution in [0.15, 0.2) is 6.33 Å². The van der Waals surface area contributed by atoms with Crippen molar-refractivity contribution in [1.82, 2.24) is 24.4 Å². The van der Waals surface area contributed by atoms with Crippen LogP contribution in [0.2, 0.25) is 0 Å². The zero-order valence-corrected chi connectivity index (χ0v) is 22.1. The van der Waals surface area contributed by atoms with Crippen molar-refractivity contribution in [3.8, 4) is 0 Å². The number of nitrogens with two attached hydrogens (primary N) is 1. The van der Waals surface area contributed by atoms with Gasteiger partial charge in [-0.1, -0.05) is 19.8 Å². The fourth-order valence-electron chi connectivity index (χ4n) is 6.11. The molecule has 0 atom stereocenters. The summed E-state index contributed by atoms with van der Waals surface area (Å²) in [6.45, 7) is 7.26. The average molecular weight is 499 g/mol. The van der Waals surface area contributed by atoms with Gasteiger partial charge in [0.25, 0.3) is 0 Å². The van der Waals surface area contributed by atoms with E-state index in [-0.39, 0.29) is 0 Å². The quantitative estimate of drug-likeness (QED) is 0.394. The molecule has 0 bridgehead atoms. The molecule has 3 aliphatic rings. The third kappa shape index (κ3) is 6.47. The molecule has 1 saturated heterocycles. The molecule has 0 spiro atoms. The fourth-order valence-corrected chi connectivity index (χ4v) is 6.11. The highest BCUT2D eigenvalue weighted by Crippen LogP contribution is 2.33. The maximum absolute atomic E-state index is 6.13. The van der Waals surface area contributed by atoms with Gasteiger partial charge in [0.2, 0.25) is 5.95 Å². The van der Waals surface area contributed by atoms with Crippen LogP contribution in [-0.2, 0) is 4.74 Å². The predicted octanol–water partition coefficient (Wildman–Crippen LogP) is 4.32. The maximum atomic E-state index is 6.13. The summed E-state index contributed by atoms with van der Waals surface area (Å²) in [5, 5.41) is 7.42. The molecule has 2 aromatic heterocycles. The van der Waals surface area contributed by atoms with E-state index >= 15 is 0 Å². The molecule has 2 saturated carbocycles. The first-order valence-electron chi connectivity index (χ1n) is 14.5. The second-order valence-corrected chi connectivity index (χ2v) is 11.1. The highest BCUT2D eigenvalue weighted by molar-refractivity contribution is 5.84. The lowest BCUT2D eigenvalue weighted by Crippen LogP contribution is -2.40. The maximum Gasteiger partial charge on any atom is 0.227 e. The van der Waals surface area contributed by atoms with Crippen LogP contribution < -0.4 is 16.4 Å². The van der Waals surface area contributed by atoms with Gasteiger partial charge < -0.3 is 30.6 Å². The third-order valence-electron chi connectivity index (χ3n) is 8.28. The van der Waals surface area contributed by atoms with Crippen LogP contribution in [0, 0.1) is 0 Å². The third-order valence-corrected chi connectivity index (χ3v) is 8.28. The molecule has 1 aliphatic heterocycles. The van der Waals surface area contributed by atoms with Crippen molar-refractivity contribution in [3.05, 3.63) is 6.33 Å². The van der Waals surface area contributed by atoms with Crippen LogP contribution in [0.3, 0.4) is 0 Å². The lowest BCUT2D eigenvalue weighted by Gasteiger charge is -2.32. The summed E-state index contributed by atoms with van der Waals surface area (Å²) in [5.41, 5.74) is 8.02. The van der Waals surface area contributed by atoms with Gasteiger partial charge in [-0.05, 0) is 64.2 Å². The Morgan fingerprint density at radius 1 is 0.944 bits per heavy atom. The minimum absolute atomic E-state index is 0.335. The second-order valence-electron chi connectivity index (χ2n) is 11.1. The lowest BCUT2D eigenvalue weighted by atomic mass is 9.92. The summed E-state index contributed by atoms with van der Waals surface area (Å²) in [6, 6.07) is 1.64. The molecule has 2 aliphatic carbocycles. The largest absolute Gasteiger partial charge is 0.381 e. The smallest absolute Gasteiger partial charge is 0.227 e. The van der Waals surface area contributed by atoms with Crippen molar-refractivity contribution < 1.29 is 4.74 Å². The van der Waals surface area contributed by atoms with Gasteiger partial charge in [0, 0.05) is 57.0 Å². The molecule has 3 heterocycles. The summed E-state index contributed by atoms with van der Waals surface area (Å²) in [5.74, 6) is 1.62. The Bertz CT molecular complexity index is 943. The molecule has 36 heavy (non-hydrogen) atoms. The number of ether oxygens (including phenoxy) is 1. The Balaban J connectivity index is 1.26. The van der Waals surface area contributed by atoms with Crippen molar-refractivity contribution >= 4 is 22.9 Å². The van der Waals surface area contributed by atoms with E-state index in [0.717, 1.165) is 107 Å². The standard InChI is InChI=1S/C27H46N8O/c1-2-17-36-18-5-14-34-15-12-22(13-16-34)30-25-24-26(35(19-29-24)23-6-3-4-7-23)33-27(32-25)31-21-10-8-20(28)9-11-21/h19-23H,2-18,28H2,1H3,(H2,30,31,32,33). The Hall–Kier alpha value is -1.97. The van der Waals surface area contributed by atoms with Crippen LogP contribution in [0.1, 0.15) is 90.0 Å². The average Bonchev–Trinajstić information content (AvgIpc) is 3.57. The Morgan fingerprint density at radius 3 is 2.44 bits per heavy atom. The molecule has 9 nitrogen and oxygen atoms in total. The van der Waals surface area contributed by atoms with Crippen molar-refractivity contribution in [1.29, 1.82) is 0 Å². The van der Waals surface area contributed by atoms with E-state index in [9.17, 15) is 0 Å². The number of fused-ring (bicyclic) bond motifs is 1. The minimum atomic E-state index is 0.335. The Kier molecular flexibility index (Phi) is 8.93. The molecule has 2 aromatic rings. The normalized spacial score (nSPS) is 24.5. The van der Waals surface area contributed by atoms with Crippen molar-refractivity contribution in [2.24, 2.45) is 5.73 Å². The first kappa shape index (κ1) is 25.7. The molecule has 200 valence electrons. The van der Waals surface area contributed by atoms with Crippen LogP contribution in [0.5, 0.6) is 0 Å². The summed E-state index contributed by atoms with van der Waals surface area (Å²) in [6.07, 6.45) is 15.7. The van der Waals surface area contributed by atoms with Gasteiger partial charge >= 0.3 is 0 Å². The van der Waals surface area contributed by atoms with E-state index in [4.69, 9.17) is 25.4 Å². The molecule has 4 N–H and O–H groups in total. The van der Waals surface area contributed by atoms with Crippen molar-refractivity contribution in [3.63, 3.8) is 0 Å². The summed E-state index contributed by atoms with van der Waals surface area (Å²) in [4.78, 5) is 17.4. The van der Waals surface area contributed by atoms with Gasteiger partial charge in [0.1, 0.15) is 0 Å². The van der Waals surface area contributed by atoms with Crippen LogP contribution in [-0.4, -0.2) is 75.4 Å². The zero-order valence-electron chi connectivity index (χ0n) is 22.1. The van der Waals surface area contributed by atoms with E-state index in [1.165, 1.54) is 25.7 Å². The van der Waals surface area contributed by atoms with Gasteiger partial charge in [0.05, 0.1) is 6.33 Å². The summed E-state index contributed by atoms with van der Waals surface area (Å²) >= 11 is 0. The first-order valence-corrected chi connectivity index (χ1v) is 14.5. The number of rotatable bonds is 11. The van der Waals surface area contributed by atoms with Gasteiger partial charge in [-0.2, -0.15) is 9.97 Å². The molecular weight excluding hydrogens is 452 g/mol. The molecule has 0 unspecified atom stereocenters. The highest BCUT2D eigenvalue weighted by Gasteiger charge is 2.26. The number of hydrogen-bond acceptors (Lipinski definition) is 8. The topological polar surface area (TPSA) is 106 Å². The molecular formula is C27H46N8O. The van der Waals surface area contributed by atoms with Crippen LogP contribution in [0.25, 0.3) is 11.2 Å². The van der Waals surface area contributed by atoms with Gasteiger partial charge in [-0.25, -0.2) is 4.98 Å². The highest BCUT2D eigenvalue weighted by atomic mass is 16.5. The second kappa shape index (κ2) is 12.5. The Morgan fingerprint density at radius 2 is 1.69 bits per heavy atom. The monoisotopic (exact) mass is 498 g/mol. The molecule has 0 amide bonds. The molecule has 0 aromatic carbocycles. The fraction of sp³-hybridized carbons (Fsp3) is 0.815. The lowest BCUT2D eigenvalue weighted by molar-refractivity contribution is 0.116. The number of anilines is 2. The van der Waals surface area contributed by atoms with E-state index in [1.807, 2.05) is 6.33 Å². The predicted molar refractivity (Wildman–Crippen MR) is 145 cm³/mol. The number of hydrogen-bond donors (Lipinski definition) is 3. The first-order chi connectivity index (χ1) is 17.7. The van der Waals surface area contributed by atoms with E-state index < -0.39 is 0 Å². The summed E-state index contributed by atoms with van der Waals surface area (Å²) < 4.78 is 7.96. The Labute approximate surface area is 216 Å². The number of imidazole rings is 1. The van der Waals surface area contributed by atoms with E-state index in [2.05, 4.69) is 27.0 Å². The SMILES string of the molecule is CCCOCCCN1CCC(Nc2nc(NC3CCC(N)CC3)nc3c2ncn3C2CCCC2)CC1. The van der Waals surface area contributed by atoms with Crippen molar-refractivity contribution in [2.75, 3.05) is 43.5 Å². The van der Waals surface area contributed by atoms with Crippen molar-refractivity contribution in [2.45, 2.75) is 108 Å². The van der Waals surface area contributed by atoms with Gasteiger partial charge in [-0.3, -0.25) is 0 Å². The number of nitrogens with zero attached hydrogens (tertiary/aromatic N) is 5. The number of nitrogens with one attached hydrogen (secondary N) is 2. The number of aromatic nitrogens is 4. The zero-order chi connectivity index (χ0) is 24.7.